The zero-order valence-electron chi connectivity index (χ0n) is 17.3. The minimum Gasteiger partial charge on any atom is -0.458 e. The van der Waals surface area contributed by atoms with Crippen LogP contribution in [0.25, 0.3) is 0 Å². The number of hydrogen-bond acceptors (Lipinski definition) is 8. The third-order valence-corrected chi connectivity index (χ3v) is 6.64. The van der Waals surface area contributed by atoms with E-state index in [1.54, 1.807) is 26.8 Å². The summed E-state index contributed by atoms with van der Waals surface area (Å²) in [5, 5.41) is 20.9. The number of fused-ring (bicyclic) bond motifs is 3. The summed E-state index contributed by atoms with van der Waals surface area (Å²) < 4.78 is 23.2. The van der Waals surface area contributed by atoms with Gasteiger partial charge in [0.25, 0.3) is 0 Å². The summed E-state index contributed by atoms with van der Waals surface area (Å²) in [5.74, 6) is -3.46. The summed E-state index contributed by atoms with van der Waals surface area (Å²) in [7, 11) is 1.46. The molecule has 29 heavy (non-hydrogen) atoms. The Bertz CT molecular complexity index is 730. The molecule has 0 aromatic carbocycles. The standard InChI is InChI=1S/C21H30O8/c1-6-11(2)18(24)28-15-8-20(4)16(23)9-21(26-5,29-20)13(10-22)7-14-17(15)12(3)19(25)27-14/h6,13-17,22-23H,3,7-10H2,1-2,4-5H3/b11-6-/t13-,14-,15-,16-,17+,20+,21+/m1/s1. The first-order chi connectivity index (χ1) is 13.6. The van der Waals surface area contributed by atoms with Crippen LogP contribution in [0, 0.1) is 11.8 Å². The van der Waals surface area contributed by atoms with Gasteiger partial charge in [-0.25, -0.2) is 9.59 Å². The van der Waals surface area contributed by atoms with E-state index in [0.717, 1.165) is 0 Å². The van der Waals surface area contributed by atoms with Gasteiger partial charge in [-0.3, -0.25) is 0 Å². The number of allylic oxidation sites excluding steroid dienone is 1. The van der Waals surface area contributed by atoms with Crippen LogP contribution >= 0.6 is 0 Å². The minimum atomic E-state index is -1.23. The molecule has 8 nitrogen and oxygen atoms in total. The van der Waals surface area contributed by atoms with E-state index >= 15 is 0 Å². The van der Waals surface area contributed by atoms with Crippen molar-refractivity contribution in [1.29, 1.82) is 0 Å². The zero-order chi connectivity index (χ0) is 21.6. The lowest BCUT2D eigenvalue weighted by atomic mass is 9.77. The van der Waals surface area contributed by atoms with Gasteiger partial charge in [0, 0.05) is 37.0 Å². The maximum Gasteiger partial charge on any atom is 0.334 e. The Morgan fingerprint density at radius 1 is 1.41 bits per heavy atom. The predicted octanol–water partition coefficient (Wildman–Crippen LogP) is 1.25. The maximum absolute atomic E-state index is 12.5. The Kier molecular flexibility index (Phi) is 5.93. The molecule has 3 fully saturated rings. The number of ether oxygens (including phenoxy) is 4. The van der Waals surface area contributed by atoms with E-state index in [1.807, 2.05) is 0 Å². The number of rotatable bonds is 4. The molecular weight excluding hydrogens is 380 g/mol. The molecule has 0 spiro atoms. The third kappa shape index (κ3) is 3.63. The highest BCUT2D eigenvalue weighted by Gasteiger charge is 2.61. The van der Waals surface area contributed by atoms with Crippen molar-refractivity contribution in [3.8, 4) is 0 Å². The van der Waals surface area contributed by atoms with Crippen molar-refractivity contribution in [2.75, 3.05) is 13.7 Å². The summed E-state index contributed by atoms with van der Waals surface area (Å²) in [6, 6.07) is 0. The van der Waals surface area contributed by atoms with Crippen LogP contribution in [0.2, 0.25) is 0 Å². The lowest BCUT2D eigenvalue weighted by Crippen LogP contribution is -2.45. The van der Waals surface area contributed by atoms with E-state index in [9.17, 15) is 19.8 Å². The van der Waals surface area contributed by atoms with Gasteiger partial charge in [0.1, 0.15) is 12.2 Å². The molecular formula is C21H30O8. The van der Waals surface area contributed by atoms with Crippen molar-refractivity contribution in [3.63, 3.8) is 0 Å². The van der Waals surface area contributed by atoms with Gasteiger partial charge in [-0.05, 0) is 27.2 Å². The van der Waals surface area contributed by atoms with Gasteiger partial charge in [-0.15, -0.1) is 0 Å². The number of hydrogen-bond donors (Lipinski definition) is 2. The molecule has 0 aromatic rings. The molecule has 2 bridgehead atoms. The van der Waals surface area contributed by atoms with Crippen LogP contribution in [0.15, 0.2) is 23.8 Å². The van der Waals surface area contributed by atoms with Crippen molar-refractivity contribution in [2.45, 2.75) is 69.7 Å². The van der Waals surface area contributed by atoms with Crippen molar-refractivity contribution < 1.29 is 38.7 Å². The fourth-order valence-electron chi connectivity index (χ4n) is 4.68. The molecule has 0 saturated carbocycles. The van der Waals surface area contributed by atoms with Crippen LogP contribution in [-0.4, -0.2) is 65.6 Å². The quantitative estimate of drug-likeness (QED) is 0.526. The summed E-state index contributed by atoms with van der Waals surface area (Å²) in [5.41, 5.74) is -0.473. The van der Waals surface area contributed by atoms with E-state index < -0.39 is 53.5 Å². The summed E-state index contributed by atoms with van der Waals surface area (Å²) in [6.45, 7) is 8.66. The first-order valence-corrected chi connectivity index (χ1v) is 9.88. The zero-order valence-corrected chi connectivity index (χ0v) is 17.3. The molecule has 0 unspecified atom stereocenters. The molecule has 0 amide bonds. The second kappa shape index (κ2) is 7.83. The monoisotopic (exact) mass is 410 g/mol. The molecule has 3 heterocycles. The van der Waals surface area contributed by atoms with E-state index in [-0.39, 0.29) is 31.4 Å². The van der Waals surface area contributed by atoms with Gasteiger partial charge in [0.2, 0.25) is 0 Å². The van der Waals surface area contributed by atoms with Crippen LogP contribution < -0.4 is 0 Å². The van der Waals surface area contributed by atoms with Crippen LogP contribution in [0.4, 0.5) is 0 Å². The highest BCUT2D eigenvalue weighted by Crippen LogP contribution is 2.51. The van der Waals surface area contributed by atoms with Gasteiger partial charge >= 0.3 is 11.9 Å². The second-order valence-corrected chi connectivity index (χ2v) is 8.38. The van der Waals surface area contributed by atoms with Crippen molar-refractivity contribution >= 4 is 11.9 Å². The molecule has 0 radical (unpaired) electrons. The molecule has 0 aromatic heterocycles. The molecule has 7 atom stereocenters. The number of methoxy groups -OCH3 is 1. The fourth-order valence-corrected chi connectivity index (χ4v) is 4.68. The lowest BCUT2D eigenvalue weighted by Gasteiger charge is -2.37. The molecule has 3 saturated heterocycles. The average molecular weight is 410 g/mol. The molecule has 162 valence electrons. The predicted molar refractivity (Wildman–Crippen MR) is 101 cm³/mol. The van der Waals surface area contributed by atoms with Gasteiger partial charge in [0.05, 0.1) is 24.2 Å². The van der Waals surface area contributed by atoms with Gasteiger partial charge in [-0.1, -0.05) is 12.7 Å². The first kappa shape index (κ1) is 22.0. The van der Waals surface area contributed by atoms with E-state index in [0.29, 0.717) is 5.57 Å². The van der Waals surface area contributed by atoms with Crippen molar-refractivity contribution in [2.24, 2.45) is 11.8 Å². The summed E-state index contributed by atoms with van der Waals surface area (Å²) in [6.07, 6.45) is -0.232. The Morgan fingerprint density at radius 3 is 2.69 bits per heavy atom. The number of carbonyl (C=O) groups is 2. The number of aliphatic hydroxyl groups excluding tert-OH is 2. The third-order valence-electron chi connectivity index (χ3n) is 6.64. The van der Waals surface area contributed by atoms with Crippen molar-refractivity contribution in [3.05, 3.63) is 23.8 Å². The van der Waals surface area contributed by atoms with Crippen LogP contribution in [-0.2, 0) is 28.5 Å². The highest BCUT2D eigenvalue weighted by molar-refractivity contribution is 5.91. The smallest absolute Gasteiger partial charge is 0.334 e. The Labute approximate surface area is 170 Å². The highest BCUT2D eigenvalue weighted by atomic mass is 16.7. The molecule has 0 aliphatic carbocycles. The Morgan fingerprint density at radius 2 is 2.10 bits per heavy atom. The van der Waals surface area contributed by atoms with E-state index in [1.165, 1.54) is 7.11 Å². The van der Waals surface area contributed by atoms with Gasteiger partial charge in [0.15, 0.2) is 5.79 Å². The lowest BCUT2D eigenvalue weighted by molar-refractivity contribution is -0.274. The van der Waals surface area contributed by atoms with E-state index in [2.05, 4.69) is 6.58 Å². The first-order valence-electron chi connectivity index (χ1n) is 9.88. The number of aliphatic hydroxyl groups is 2. The van der Waals surface area contributed by atoms with Crippen LogP contribution in [0.5, 0.6) is 0 Å². The second-order valence-electron chi connectivity index (χ2n) is 8.38. The minimum absolute atomic E-state index is 0.122. The maximum atomic E-state index is 12.5. The number of carbonyl (C=O) groups excluding carboxylic acids is 2. The fraction of sp³-hybridized carbons (Fsp3) is 0.714. The van der Waals surface area contributed by atoms with Gasteiger partial charge in [-0.2, -0.15) is 0 Å². The normalized spacial score (nSPS) is 42.6. The topological polar surface area (TPSA) is 112 Å². The molecule has 3 rings (SSSR count). The molecule has 8 heteroatoms. The largest absolute Gasteiger partial charge is 0.458 e. The SMILES string of the molecule is C=C1C(=O)O[C@@H]2C[C@H](CO)[C@]3(OC)C[C@@H](O)[C@](C)(C[C@@H](OC(=O)/C(C)=C\C)[C@@H]12)O3. The Balaban J connectivity index is 2.06. The van der Waals surface area contributed by atoms with E-state index in [4.69, 9.17) is 18.9 Å². The molecule has 3 aliphatic heterocycles. The van der Waals surface area contributed by atoms with Crippen LogP contribution in [0.3, 0.4) is 0 Å². The average Bonchev–Trinajstić information content (AvgIpc) is 3.12. The number of esters is 2. The molecule has 2 N–H and O–H groups in total. The summed E-state index contributed by atoms with van der Waals surface area (Å²) >= 11 is 0. The van der Waals surface area contributed by atoms with Gasteiger partial charge < -0.3 is 29.2 Å². The molecule has 3 aliphatic rings. The summed E-state index contributed by atoms with van der Waals surface area (Å²) in [4.78, 5) is 24.8. The Hall–Kier alpha value is -1.74. The van der Waals surface area contributed by atoms with Crippen LogP contribution in [0.1, 0.15) is 40.0 Å². The van der Waals surface area contributed by atoms with Crippen molar-refractivity contribution in [1.82, 2.24) is 0 Å².